The number of fused-ring (bicyclic) bond motifs is 1. The molecule has 124 valence electrons. The van der Waals surface area contributed by atoms with Gasteiger partial charge in [0.1, 0.15) is 11.6 Å². The van der Waals surface area contributed by atoms with E-state index in [1.54, 1.807) is 24.6 Å². The molecule has 2 aromatic heterocycles. The molecule has 0 saturated heterocycles. The molecule has 1 amide bonds. The summed E-state index contributed by atoms with van der Waals surface area (Å²) in [5.41, 5.74) is 2.02. The second-order valence-corrected chi connectivity index (χ2v) is 5.49. The SMILES string of the molecule is CCn1nc(C)c2c(C(=O)Nc3cc(F)ccc3F)cc(C)nc21. The van der Waals surface area contributed by atoms with E-state index in [-0.39, 0.29) is 5.69 Å². The van der Waals surface area contributed by atoms with Gasteiger partial charge in [-0.15, -0.1) is 0 Å². The largest absolute Gasteiger partial charge is 0.319 e. The van der Waals surface area contributed by atoms with Crippen LogP contribution >= 0.6 is 0 Å². The van der Waals surface area contributed by atoms with Gasteiger partial charge in [-0.2, -0.15) is 5.10 Å². The number of rotatable bonds is 3. The smallest absolute Gasteiger partial charge is 0.256 e. The van der Waals surface area contributed by atoms with E-state index < -0.39 is 17.5 Å². The molecule has 24 heavy (non-hydrogen) atoms. The third kappa shape index (κ3) is 2.73. The Bertz CT molecular complexity index is 949. The summed E-state index contributed by atoms with van der Waals surface area (Å²) in [7, 11) is 0. The normalized spacial score (nSPS) is 11.0. The van der Waals surface area contributed by atoms with Gasteiger partial charge in [-0.3, -0.25) is 4.79 Å². The van der Waals surface area contributed by atoms with Crippen LogP contribution in [0.15, 0.2) is 24.3 Å². The van der Waals surface area contributed by atoms with Crippen LogP contribution in [0.25, 0.3) is 11.0 Å². The van der Waals surface area contributed by atoms with E-state index in [4.69, 9.17) is 0 Å². The summed E-state index contributed by atoms with van der Waals surface area (Å²) in [5.74, 6) is -1.86. The molecule has 7 heteroatoms. The molecule has 0 aliphatic rings. The second-order valence-electron chi connectivity index (χ2n) is 5.49. The fourth-order valence-corrected chi connectivity index (χ4v) is 2.66. The Kier molecular flexibility index (Phi) is 4.01. The molecular weight excluding hydrogens is 314 g/mol. The molecule has 0 bridgehead atoms. The molecular formula is C17H16F2N4O. The zero-order valence-electron chi connectivity index (χ0n) is 13.5. The quantitative estimate of drug-likeness (QED) is 0.798. The zero-order valence-corrected chi connectivity index (χ0v) is 13.5. The van der Waals surface area contributed by atoms with Crippen molar-refractivity contribution >= 4 is 22.6 Å². The Morgan fingerprint density at radius 1 is 1.25 bits per heavy atom. The fourth-order valence-electron chi connectivity index (χ4n) is 2.66. The fraction of sp³-hybridized carbons (Fsp3) is 0.235. The standard InChI is InChI=1S/C17H16F2N4O/c1-4-23-16-15(10(3)22-23)12(7-9(2)20-16)17(24)21-14-8-11(18)5-6-13(14)19/h5-8H,4H2,1-3H3,(H,21,24). The lowest BCUT2D eigenvalue weighted by Gasteiger charge is -2.09. The minimum atomic E-state index is -0.701. The molecule has 1 aromatic carbocycles. The lowest BCUT2D eigenvalue weighted by atomic mass is 10.1. The topological polar surface area (TPSA) is 59.8 Å². The van der Waals surface area contributed by atoms with E-state index in [1.165, 1.54) is 0 Å². The Morgan fingerprint density at radius 2 is 2.00 bits per heavy atom. The van der Waals surface area contributed by atoms with Gasteiger partial charge in [0, 0.05) is 18.3 Å². The van der Waals surface area contributed by atoms with Crippen LogP contribution in [0.4, 0.5) is 14.5 Å². The number of anilines is 1. The molecule has 0 aliphatic carbocycles. The molecule has 5 nitrogen and oxygen atoms in total. The van der Waals surface area contributed by atoms with Crippen LogP contribution in [0, 0.1) is 25.5 Å². The maximum atomic E-state index is 13.8. The first-order valence-electron chi connectivity index (χ1n) is 7.52. The van der Waals surface area contributed by atoms with Gasteiger partial charge in [0.2, 0.25) is 0 Å². The summed E-state index contributed by atoms with van der Waals surface area (Å²) in [6.45, 7) is 6.09. The third-order valence-electron chi connectivity index (χ3n) is 3.73. The van der Waals surface area contributed by atoms with E-state index in [0.717, 1.165) is 18.2 Å². The first-order valence-corrected chi connectivity index (χ1v) is 7.52. The molecule has 1 N–H and O–H groups in total. The summed E-state index contributed by atoms with van der Waals surface area (Å²) in [6.07, 6.45) is 0. The van der Waals surface area contributed by atoms with Gasteiger partial charge in [-0.25, -0.2) is 18.4 Å². The Labute approximate surface area is 137 Å². The number of nitrogens with zero attached hydrogens (tertiary/aromatic N) is 3. The highest BCUT2D eigenvalue weighted by atomic mass is 19.1. The second kappa shape index (κ2) is 5.99. The van der Waals surface area contributed by atoms with Crippen molar-refractivity contribution in [3.8, 4) is 0 Å². The van der Waals surface area contributed by atoms with Crippen molar-refractivity contribution in [1.29, 1.82) is 0 Å². The average molecular weight is 330 g/mol. The van der Waals surface area contributed by atoms with Crippen LogP contribution in [-0.4, -0.2) is 20.7 Å². The first kappa shape index (κ1) is 16.0. The van der Waals surface area contributed by atoms with E-state index in [0.29, 0.717) is 34.5 Å². The number of benzene rings is 1. The maximum Gasteiger partial charge on any atom is 0.256 e. The van der Waals surface area contributed by atoms with Crippen molar-refractivity contribution in [3.63, 3.8) is 0 Å². The van der Waals surface area contributed by atoms with Crippen LogP contribution in [0.3, 0.4) is 0 Å². The van der Waals surface area contributed by atoms with Gasteiger partial charge in [-0.1, -0.05) is 0 Å². The Balaban J connectivity index is 2.10. The number of aryl methyl sites for hydroxylation is 3. The number of carbonyl (C=O) groups is 1. The molecule has 0 atom stereocenters. The van der Waals surface area contributed by atoms with Crippen molar-refractivity contribution in [2.75, 3.05) is 5.32 Å². The predicted molar refractivity (Wildman–Crippen MR) is 87.0 cm³/mol. The number of pyridine rings is 1. The predicted octanol–water partition coefficient (Wildman–Crippen LogP) is 3.60. The summed E-state index contributed by atoms with van der Waals surface area (Å²) >= 11 is 0. The van der Waals surface area contributed by atoms with E-state index in [9.17, 15) is 13.6 Å². The number of amides is 1. The minimum absolute atomic E-state index is 0.205. The van der Waals surface area contributed by atoms with Crippen LogP contribution in [0.1, 0.15) is 28.7 Å². The highest BCUT2D eigenvalue weighted by Gasteiger charge is 2.19. The number of carbonyl (C=O) groups excluding carboxylic acids is 1. The summed E-state index contributed by atoms with van der Waals surface area (Å²) in [5, 5.41) is 7.40. The molecule has 0 unspecified atom stereocenters. The van der Waals surface area contributed by atoms with Crippen molar-refractivity contribution in [3.05, 3.63) is 52.9 Å². The lowest BCUT2D eigenvalue weighted by Crippen LogP contribution is -2.14. The number of halogens is 2. The molecule has 3 aromatic rings. The van der Waals surface area contributed by atoms with Crippen LogP contribution in [0.5, 0.6) is 0 Å². The first-order chi connectivity index (χ1) is 11.4. The molecule has 0 saturated carbocycles. The van der Waals surface area contributed by atoms with Gasteiger partial charge in [0.15, 0.2) is 5.65 Å². The highest BCUT2D eigenvalue weighted by molar-refractivity contribution is 6.12. The molecule has 0 fully saturated rings. The average Bonchev–Trinajstić information content (AvgIpc) is 2.86. The molecule has 0 radical (unpaired) electrons. The van der Waals surface area contributed by atoms with Crippen molar-refractivity contribution in [2.45, 2.75) is 27.3 Å². The van der Waals surface area contributed by atoms with E-state index in [2.05, 4.69) is 15.4 Å². The van der Waals surface area contributed by atoms with Crippen LogP contribution < -0.4 is 5.32 Å². The maximum absolute atomic E-state index is 13.8. The molecule has 0 spiro atoms. The monoisotopic (exact) mass is 330 g/mol. The lowest BCUT2D eigenvalue weighted by molar-refractivity contribution is 0.102. The molecule has 0 aliphatic heterocycles. The van der Waals surface area contributed by atoms with Crippen molar-refractivity contribution in [1.82, 2.24) is 14.8 Å². The highest BCUT2D eigenvalue weighted by Crippen LogP contribution is 2.24. The van der Waals surface area contributed by atoms with Crippen molar-refractivity contribution in [2.24, 2.45) is 0 Å². The summed E-state index contributed by atoms with van der Waals surface area (Å²) in [4.78, 5) is 17.1. The van der Waals surface area contributed by atoms with Crippen LogP contribution in [-0.2, 0) is 6.54 Å². The number of aromatic nitrogens is 3. The Hall–Kier alpha value is -2.83. The minimum Gasteiger partial charge on any atom is -0.319 e. The molecule has 3 rings (SSSR count). The van der Waals surface area contributed by atoms with Gasteiger partial charge in [0.25, 0.3) is 5.91 Å². The van der Waals surface area contributed by atoms with Gasteiger partial charge in [-0.05, 0) is 39.0 Å². The van der Waals surface area contributed by atoms with Crippen molar-refractivity contribution < 1.29 is 13.6 Å². The summed E-state index contributed by atoms with van der Waals surface area (Å²) in [6, 6.07) is 4.53. The van der Waals surface area contributed by atoms with Gasteiger partial charge in [0.05, 0.1) is 22.3 Å². The van der Waals surface area contributed by atoms with E-state index in [1.807, 2.05) is 6.92 Å². The number of hydrogen-bond acceptors (Lipinski definition) is 3. The number of nitrogens with one attached hydrogen (secondary N) is 1. The van der Waals surface area contributed by atoms with Gasteiger partial charge >= 0.3 is 0 Å². The third-order valence-corrected chi connectivity index (χ3v) is 3.73. The summed E-state index contributed by atoms with van der Waals surface area (Å²) < 4.78 is 28.8. The van der Waals surface area contributed by atoms with E-state index >= 15 is 0 Å². The van der Waals surface area contributed by atoms with Crippen LogP contribution in [0.2, 0.25) is 0 Å². The Morgan fingerprint density at radius 3 is 2.71 bits per heavy atom. The molecule has 2 heterocycles. The zero-order chi connectivity index (χ0) is 17.4. The van der Waals surface area contributed by atoms with Gasteiger partial charge < -0.3 is 5.32 Å². The number of hydrogen-bond donors (Lipinski definition) is 1.